The zero-order valence-corrected chi connectivity index (χ0v) is 13.7. The first-order valence-corrected chi connectivity index (χ1v) is 8.85. The van der Waals surface area contributed by atoms with Crippen molar-refractivity contribution in [2.75, 3.05) is 24.6 Å². The first-order chi connectivity index (χ1) is 11.3. The van der Waals surface area contributed by atoms with Crippen LogP contribution < -0.4 is 0 Å². The van der Waals surface area contributed by atoms with E-state index in [-0.39, 0.29) is 5.78 Å². The smallest absolute Gasteiger partial charge is 0.193 e. The molecule has 0 radical (unpaired) electrons. The van der Waals surface area contributed by atoms with E-state index in [2.05, 4.69) is 17.0 Å². The van der Waals surface area contributed by atoms with E-state index in [1.807, 2.05) is 30.0 Å². The van der Waals surface area contributed by atoms with E-state index in [1.165, 1.54) is 17.1 Å². The van der Waals surface area contributed by atoms with E-state index in [1.54, 1.807) is 24.3 Å². The quantitative estimate of drug-likeness (QED) is 0.810. The van der Waals surface area contributed by atoms with Gasteiger partial charge in [-0.15, -0.1) is 0 Å². The number of rotatable bonds is 4. The van der Waals surface area contributed by atoms with Crippen LogP contribution in [0.4, 0.5) is 0 Å². The van der Waals surface area contributed by atoms with E-state index in [0.717, 1.165) is 19.6 Å². The Morgan fingerprint density at radius 2 is 1.78 bits per heavy atom. The fourth-order valence-corrected chi connectivity index (χ4v) is 3.70. The van der Waals surface area contributed by atoms with Crippen molar-refractivity contribution in [3.05, 3.63) is 70.8 Å². The number of ketones is 1. The van der Waals surface area contributed by atoms with Gasteiger partial charge in [-0.05, 0) is 23.8 Å². The number of nitrogens with zero attached hydrogens (tertiary/aromatic N) is 2. The summed E-state index contributed by atoms with van der Waals surface area (Å²) in [7, 11) is 0. The fourth-order valence-electron chi connectivity index (χ4n) is 2.73. The van der Waals surface area contributed by atoms with Crippen LogP contribution in [0.5, 0.6) is 0 Å². The molecule has 1 saturated heterocycles. The molecule has 116 valence electrons. The molecular weight excluding hydrogens is 304 g/mol. The average molecular weight is 322 g/mol. The molecule has 2 aromatic carbocycles. The van der Waals surface area contributed by atoms with Gasteiger partial charge in [-0.3, -0.25) is 9.69 Å². The normalized spacial score (nSPS) is 15.1. The average Bonchev–Trinajstić information content (AvgIpc) is 2.62. The van der Waals surface area contributed by atoms with Crippen LogP contribution in [0.25, 0.3) is 0 Å². The van der Waals surface area contributed by atoms with Crippen molar-refractivity contribution in [3.63, 3.8) is 0 Å². The Morgan fingerprint density at radius 3 is 2.52 bits per heavy atom. The lowest BCUT2D eigenvalue weighted by Crippen LogP contribution is -2.31. The summed E-state index contributed by atoms with van der Waals surface area (Å²) in [6.07, 6.45) is 0. The Balaban J connectivity index is 1.78. The largest absolute Gasteiger partial charge is 0.297 e. The molecule has 2 aromatic rings. The maximum absolute atomic E-state index is 12.6. The molecule has 0 atom stereocenters. The van der Waals surface area contributed by atoms with Crippen molar-refractivity contribution in [1.29, 1.82) is 5.26 Å². The maximum atomic E-state index is 12.6. The first kappa shape index (κ1) is 15.8. The Morgan fingerprint density at radius 1 is 1.09 bits per heavy atom. The van der Waals surface area contributed by atoms with Gasteiger partial charge in [-0.2, -0.15) is 17.0 Å². The summed E-state index contributed by atoms with van der Waals surface area (Å²) in [4.78, 5) is 15.1. The number of nitriles is 1. The highest BCUT2D eigenvalue weighted by atomic mass is 32.2. The van der Waals surface area contributed by atoms with Gasteiger partial charge in [0.15, 0.2) is 5.78 Å². The standard InChI is InChI=1S/C19H18N2OS/c20-13-15-3-1-5-17(11-15)19(22)18-6-2-4-16(12-18)14-21-7-9-23-10-8-21/h1-6,11-12H,7-10,14H2. The van der Waals surface area contributed by atoms with Crippen molar-refractivity contribution in [2.24, 2.45) is 0 Å². The van der Waals surface area contributed by atoms with Gasteiger partial charge in [0.25, 0.3) is 0 Å². The van der Waals surface area contributed by atoms with Gasteiger partial charge < -0.3 is 0 Å². The minimum absolute atomic E-state index is 0.0295. The van der Waals surface area contributed by atoms with E-state index < -0.39 is 0 Å². The summed E-state index contributed by atoms with van der Waals surface area (Å²) in [6.45, 7) is 3.10. The molecule has 4 heteroatoms. The fraction of sp³-hybridized carbons (Fsp3) is 0.263. The molecule has 1 aliphatic rings. The third kappa shape index (κ3) is 4.01. The lowest BCUT2D eigenvalue weighted by atomic mass is 10.00. The van der Waals surface area contributed by atoms with Gasteiger partial charge in [0.05, 0.1) is 11.6 Å². The van der Waals surface area contributed by atoms with Crippen LogP contribution in [-0.4, -0.2) is 35.3 Å². The molecule has 0 bridgehead atoms. The molecule has 0 aliphatic carbocycles. The van der Waals surface area contributed by atoms with Gasteiger partial charge in [0.1, 0.15) is 0 Å². The zero-order valence-electron chi connectivity index (χ0n) is 12.9. The third-order valence-electron chi connectivity index (χ3n) is 3.95. The number of benzene rings is 2. The van der Waals surface area contributed by atoms with Crippen molar-refractivity contribution in [2.45, 2.75) is 6.54 Å². The lowest BCUT2D eigenvalue weighted by Gasteiger charge is -2.26. The predicted molar refractivity (Wildman–Crippen MR) is 93.6 cm³/mol. The maximum Gasteiger partial charge on any atom is 0.193 e. The molecule has 0 spiro atoms. The van der Waals surface area contributed by atoms with Crippen LogP contribution >= 0.6 is 11.8 Å². The van der Waals surface area contributed by atoms with E-state index >= 15 is 0 Å². The first-order valence-electron chi connectivity index (χ1n) is 7.70. The summed E-state index contributed by atoms with van der Waals surface area (Å²) in [5.74, 6) is 2.33. The second-order valence-electron chi connectivity index (χ2n) is 5.61. The highest BCUT2D eigenvalue weighted by molar-refractivity contribution is 7.99. The summed E-state index contributed by atoms with van der Waals surface area (Å²) in [5.41, 5.74) is 2.93. The molecule has 3 nitrogen and oxygen atoms in total. The number of thioether (sulfide) groups is 1. The zero-order chi connectivity index (χ0) is 16.1. The molecule has 0 unspecified atom stereocenters. The van der Waals surface area contributed by atoms with Crippen molar-refractivity contribution in [3.8, 4) is 6.07 Å². The number of carbonyl (C=O) groups excluding carboxylic acids is 1. The monoisotopic (exact) mass is 322 g/mol. The molecule has 1 fully saturated rings. The predicted octanol–water partition coefficient (Wildman–Crippen LogP) is 3.34. The molecule has 23 heavy (non-hydrogen) atoms. The van der Waals surface area contributed by atoms with Gasteiger partial charge in [0.2, 0.25) is 0 Å². The summed E-state index contributed by atoms with van der Waals surface area (Å²) in [6, 6.07) is 16.8. The number of hydrogen-bond donors (Lipinski definition) is 0. The highest BCUT2D eigenvalue weighted by Gasteiger charge is 2.13. The molecular formula is C19H18N2OS. The van der Waals surface area contributed by atoms with Crippen LogP contribution in [0.1, 0.15) is 27.0 Å². The summed E-state index contributed by atoms with van der Waals surface area (Å²) in [5, 5.41) is 8.97. The molecule has 0 saturated carbocycles. The minimum Gasteiger partial charge on any atom is -0.297 e. The second kappa shape index (κ2) is 7.45. The number of hydrogen-bond acceptors (Lipinski definition) is 4. The number of carbonyl (C=O) groups is 1. The Bertz CT molecular complexity index is 745. The van der Waals surface area contributed by atoms with Crippen LogP contribution in [-0.2, 0) is 6.54 Å². The topological polar surface area (TPSA) is 44.1 Å². The SMILES string of the molecule is N#Cc1cccc(C(=O)c2cccc(CN3CCSCC3)c2)c1. The second-order valence-corrected chi connectivity index (χ2v) is 6.84. The minimum atomic E-state index is -0.0295. The van der Waals surface area contributed by atoms with Crippen LogP contribution in [0, 0.1) is 11.3 Å². The van der Waals surface area contributed by atoms with Gasteiger partial charge in [-0.1, -0.05) is 30.3 Å². The molecule has 1 aliphatic heterocycles. The Hall–Kier alpha value is -2.09. The molecule has 0 amide bonds. The van der Waals surface area contributed by atoms with E-state index in [4.69, 9.17) is 5.26 Å². The van der Waals surface area contributed by atoms with Gasteiger partial charge in [-0.25, -0.2) is 0 Å². The molecule has 1 heterocycles. The van der Waals surface area contributed by atoms with E-state index in [0.29, 0.717) is 16.7 Å². The highest BCUT2D eigenvalue weighted by Crippen LogP contribution is 2.16. The van der Waals surface area contributed by atoms with Crippen molar-refractivity contribution < 1.29 is 4.79 Å². The van der Waals surface area contributed by atoms with Crippen LogP contribution in [0.3, 0.4) is 0 Å². The molecule has 3 rings (SSSR count). The molecule has 0 N–H and O–H groups in total. The van der Waals surface area contributed by atoms with Gasteiger partial charge in [0, 0.05) is 42.3 Å². The van der Waals surface area contributed by atoms with Gasteiger partial charge >= 0.3 is 0 Å². The van der Waals surface area contributed by atoms with Crippen molar-refractivity contribution in [1.82, 2.24) is 4.90 Å². The summed E-state index contributed by atoms with van der Waals surface area (Å²) < 4.78 is 0. The third-order valence-corrected chi connectivity index (χ3v) is 4.90. The van der Waals surface area contributed by atoms with Crippen molar-refractivity contribution >= 4 is 17.5 Å². The lowest BCUT2D eigenvalue weighted by molar-refractivity contribution is 0.103. The molecule has 0 aromatic heterocycles. The summed E-state index contributed by atoms with van der Waals surface area (Å²) >= 11 is 2.00. The van der Waals surface area contributed by atoms with Crippen LogP contribution in [0.2, 0.25) is 0 Å². The van der Waals surface area contributed by atoms with E-state index in [9.17, 15) is 4.79 Å². The van der Waals surface area contributed by atoms with Crippen LogP contribution in [0.15, 0.2) is 48.5 Å². The Kier molecular flexibility index (Phi) is 5.12. The Labute approximate surface area is 140 Å².